The number of alkyl halides is 4. The van der Waals surface area contributed by atoms with Gasteiger partial charge in [-0.1, -0.05) is 73.6 Å². The minimum atomic E-state index is -1.96. The largest absolute Gasteiger partial charge is 0.463 e. The molecule has 0 N–H and O–H groups in total. The molecule has 0 saturated carbocycles. The van der Waals surface area contributed by atoms with Crippen LogP contribution in [-0.4, -0.2) is 21.2 Å². The molecule has 0 saturated heterocycles. The Balaban J connectivity index is 4.58. The van der Waals surface area contributed by atoms with Gasteiger partial charge in [-0.25, -0.2) is 4.79 Å². The van der Waals surface area contributed by atoms with E-state index in [9.17, 15) is 4.79 Å². The molecular weight excluding hydrogens is 294 g/mol. The van der Waals surface area contributed by atoms with E-state index in [1.807, 2.05) is 6.92 Å². The zero-order valence-corrected chi connectivity index (χ0v) is 12.6. The monoisotopic (exact) mass is 308 g/mol. The maximum absolute atomic E-state index is 11.6. The van der Waals surface area contributed by atoms with Crippen LogP contribution < -0.4 is 0 Å². The van der Waals surface area contributed by atoms with E-state index in [1.54, 1.807) is 13.8 Å². The summed E-state index contributed by atoms with van der Waals surface area (Å²) >= 11 is 23.7. The molecule has 0 atom stereocenters. The third-order valence-electron chi connectivity index (χ3n) is 2.13. The van der Waals surface area contributed by atoms with E-state index in [0.29, 0.717) is 0 Å². The molecule has 0 unspecified atom stereocenters. The van der Waals surface area contributed by atoms with E-state index in [2.05, 4.69) is 0 Å². The summed E-state index contributed by atoms with van der Waals surface area (Å²) in [5.74, 6) is -1.09. The molecular formula is C10H16Cl4O2. The van der Waals surface area contributed by atoms with Gasteiger partial charge in [0.1, 0.15) is 0 Å². The quantitative estimate of drug-likeness (QED) is 0.414. The molecule has 0 aromatic carbocycles. The van der Waals surface area contributed by atoms with E-state index < -0.39 is 14.6 Å². The second-order valence-corrected chi connectivity index (χ2v) is 6.55. The Morgan fingerprint density at radius 2 is 1.75 bits per heavy atom. The lowest BCUT2D eigenvalue weighted by atomic mass is 10.1. The highest BCUT2D eigenvalue weighted by Gasteiger charge is 2.56. The summed E-state index contributed by atoms with van der Waals surface area (Å²) in [6, 6.07) is 0. The molecule has 0 aliphatic rings. The number of esters is 1. The summed E-state index contributed by atoms with van der Waals surface area (Å²) in [6.45, 7) is 5.68. The lowest BCUT2D eigenvalue weighted by Crippen LogP contribution is -2.47. The van der Waals surface area contributed by atoms with Gasteiger partial charge in [-0.3, -0.25) is 0 Å². The van der Waals surface area contributed by atoms with Crippen molar-refractivity contribution in [2.24, 2.45) is 5.92 Å². The number of unbranched alkanes of at least 4 members (excludes halogenated alkanes) is 1. The SMILES string of the molecule is CCCCOC(=O)C(Cl)(Cl)C(Cl)(Cl)C(C)C. The Morgan fingerprint density at radius 3 is 2.12 bits per heavy atom. The highest BCUT2D eigenvalue weighted by atomic mass is 35.5. The second-order valence-electron chi connectivity index (χ2n) is 3.84. The molecule has 0 radical (unpaired) electrons. The van der Waals surface area contributed by atoms with Crippen molar-refractivity contribution in [2.45, 2.75) is 42.3 Å². The molecule has 0 aliphatic carbocycles. The van der Waals surface area contributed by atoms with Crippen molar-refractivity contribution in [2.75, 3.05) is 6.61 Å². The number of carbonyl (C=O) groups excluding carboxylic acids is 1. The van der Waals surface area contributed by atoms with E-state index in [4.69, 9.17) is 51.1 Å². The van der Waals surface area contributed by atoms with Gasteiger partial charge in [-0.05, 0) is 12.3 Å². The molecule has 0 bridgehead atoms. The van der Waals surface area contributed by atoms with Gasteiger partial charge in [-0.15, -0.1) is 0 Å². The molecule has 2 nitrogen and oxygen atoms in total. The van der Waals surface area contributed by atoms with Crippen LogP contribution in [0.25, 0.3) is 0 Å². The first-order valence-corrected chi connectivity index (χ1v) is 6.62. The van der Waals surface area contributed by atoms with Crippen LogP contribution in [0.3, 0.4) is 0 Å². The lowest BCUT2D eigenvalue weighted by Gasteiger charge is -2.33. The fourth-order valence-electron chi connectivity index (χ4n) is 0.898. The van der Waals surface area contributed by atoms with Crippen LogP contribution in [0.2, 0.25) is 0 Å². The van der Waals surface area contributed by atoms with Crippen molar-refractivity contribution in [3.05, 3.63) is 0 Å². The van der Waals surface area contributed by atoms with E-state index >= 15 is 0 Å². The Morgan fingerprint density at radius 1 is 1.25 bits per heavy atom. The van der Waals surface area contributed by atoms with Gasteiger partial charge in [0.15, 0.2) is 4.33 Å². The average molecular weight is 310 g/mol. The number of carbonyl (C=O) groups is 1. The second kappa shape index (κ2) is 6.53. The first-order chi connectivity index (χ1) is 7.17. The van der Waals surface area contributed by atoms with Crippen LogP contribution in [0.15, 0.2) is 0 Å². The van der Waals surface area contributed by atoms with Crippen LogP contribution in [0.4, 0.5) is 0 Å². The summed E-state index contributed by atoms with van der Waals surface area (Å²) < 4.78 is 1.37. The minimum Gasteiger partial charge on any atom is -0.463 e. The van der Waals surface area contributed by atoms with Crippen LogP contribution in [0, 0.1) is 5.92 Å². The predicted molar refractivity (Wildman–Crippen MR) is 69.6 cm³/mol. The standard InChI is InChI=1S/C10H16Cl4O2/c1-4-5-6-16-8(15)10(13,14)9(11,12)7(2)3/h7H,4-6H2,1-3H3. The molecule has 0 fully saturated rings. The molecule has 16 heavy (non-hydrogen) atoms. The Bertz CT molecular complexity index is 239. The zero-order chi connectivity index (χ0) is 13.0. The average Bonchev–Trinajstić information content (AvgIpc) is 2.17. The zero-order valence-electron chi connectivity index (χ0n) is 9.53. The molecule has 0 rings (SSSR count). The van der Waals surface area contributed by atoms with Gasteiger partial charge in [0, 0.05) is 0 Å². The number of rotatable bonds is 6. The van der Waals surface area contributed by atoms with Gasteiger partial charge < -0.3 is 4.74 Å². The van der Waals surface area contributed by atoms with Crippen molar-refractivity contribution < 1.29 is 9.53 Å². The topological polar surface area (TPSA) is 26.3 Å². The van der Waals surface area contributed by atoms with Crippen LogP contribution >= 0.6 is 46.4 Å². The van der Waals surface area contributed by atoms with Crippen molar-refractivity contribution in [1.82, 2.24) is 0 Å². The highest BCUT2D eigenvalue weighted by molar-refractivity contribution is 6.68. The van der Waals surface area contributed by atoms with Gasteiger partial charge in [0.05, 0.1) is 6.61 Å². The normalized spacial score (nSPS) is 13.0. The summed E-state index contributed by atoms with van der Waals surface area (Å²) in [4.78, 5) is 11.6. The summed E-state index contributed by atoms with van der Waals surface area (Å²) in [5, 5.41) is 0. The van der Waals surface area contributed by atoms with Gasteiger partial charge in [0.2, 0.25) is 4.33 Å². The van der Waals surface area contributed by atoms with Crippen LogP contribution in [0.1, 0.15) is 33.6 Å². The van der Waals surface area contributed by atoms with E-state index in [-0.39, 0.29) is 12.5 Å². The Hall–Kier alpha value is 0.630. The summed E-state index contributed by atoms with van der Waals surface area (Å²) in [6.07, 6.45) is 1.65. The predicted octanol–water partition coefficient (Wildman–Crippen LogP) is 4.33. The molecule has 96 valence electrons. The fraction of sp³-hybridized carbons (Fsp3) is 0.900. The van der Waals surface area contributed by atoms with Gasteiger partial charge in [0.25, 0.3) is 0 Å². The highest BCUT2D eigenvalue weighted by Crippen LogP contribution is 2.48. The van der Waals surface area contributed by atoms with Crippen molar-refractivity contribution in [3.8, 4) is 0 Å². The Labute approximate surface area is 117 Å². The minimum absolute atomic E-state index is 0.262. The van der Waals surface area contributed by atoms with Crippen LogP contribution in [0.5, 0.6) is 0 Å². The summed E-state index contributed by atoms with van der Waals surface area (Å²) in [5.41, 5.74) is 0. The van der Waals surface area contributed by atoms with Crippen molar-refractivity contribution in [1.29, 1.82) is 0 Å². The smallest absolute Gasteiger partial charge is 0.345 e. The van der Waals surface area contributed by atoms with Gasteiger partial charge in [-0.2, -0.15) is 0 Å². The van der Waals surface area contributed by atoms with Gasteiger partial charge >= 0.3 is 5.97 Å². The van der Waals surface area contributed by atoms with Crippen LogP contribution in [-0.2, 0) is 9.53 Å². The molecule has 0 aromatic rings. The third-order valence-corrected chi connectivity index (χ3v) is 4.86. The number of halogens is 4. The molecule has 0 heterocycles. The number of hydrogen-bond donors (Lipinski definition) is 0. The first kappa shape index (κ1) is 16.6. The lowest BCUT2D eigenvalue weighted by molar-refractivity contribution is -0.145. The maximum atomic E-state index is 11.6. The molecule has 0 aromatic heterocycles. The number of ether oxygens (including phenoxy) is 1. The first-order valence-electron chi connectivity index (χ1n) is 5.10. The Kier molecular flexibility index (Phi) is 6.79. The maximum Gasteiger partial charge on any atom is 0.345 e. The van der Waals surface area contributed by atoms with E-state index in [0.717, 1.165) is 12.8 Å². The van der Waals surface area contributed by atoms with Crippen molar-refractivity contribution in [3.63, 3.8) is 0 Å². The molecule has 0 amide bonds. The molecule has 0 aliphatic heterocycles. The molecule has 0 spiro atoms. The van der Waals surface area contributed by atoms with E-state index in [1.165, 1.54) is 0 Å². The fourth-order valence-corrected chi connectivity index (χ4v) is 1.60. The third kappa shape index (κ3) is 3.83. The molecule has 6 heteroatoms. The van der Waals surface area contributed by atoms with Crippen molar-refractivity contribution >= 4 is 52.4 Å². The summed E-state index contributed by atoms with van der Waals surface area (Å²) in [7, 11) is 0. The number of hydrogen-bond acceptors (Lipinski definition) is 2.